The van der Waals surface area contributed by atoms with Crippen molar-refractivity contribution >= 4 is 16.8 Å². The maximum absolute atomic E-state index is 15.5. The average molecular weight is 584 g/mol. The Hall–Kier alpha value is -3.41. The number of hydrogen-bond donors (Lipinski definition) is 1. The molecule has 5 rings (SSSR count). The number of aryl methyl sites for hydroxylation is 1. The fourth-order valence-corrected chi connectivity index (χ4v) is 5.75. The highest BCUT2D eigenvalue weighted by Gasteiger charge is 2.47. The minimum absolute atomic E-state index is 0.0541. The number of amides is 1. The number of aromatic nitrogens is 1. The standard InChI is InChI=1S/C29H28F7N3O2/c1-38-23(40)7-6-19-4-5-20(24(30)25(19)38)15-39-9-8-27(16-39,13-17-2-3-17)26(41)37-14-18-10-21(28(31,32)33)12-22(11-18)29(34,35)36/h4-7,10-12,17H,2-3,8-9,13-16H2,1H3,(H,37,41). The third kappa shape index (κ3) is 6.12. The SMILES string of the molecule is Cn1c(=O)ccc2ccc(CN3CCC(CC4CC4)(C(=O)NCc4cc(C(F)(F)F)cc(C(F)(F)F)c4)C3)c(F)c21. The third-order valence-electron chi connectivity index (χ3n) is 8.08. The van der Waals surface area contributed by atoms with Crippen molar-refractivity contribution in [1.82, 2.24) is 14.8 Å². The van der Waals surface area contributed by atoms with Crippen LogP contribution in [0.2, 0.25) is 0 Å². The molecule has 2 fully saturated rings. The fourth-order valence-electron chi connectivity index (χ4n) is 5.75. The minimum Gasteiger partial charge on any atom is -0.352 e. The van der Waals surface area contributed by atoms with Gasteiger partial charge in [0.2, 0.25) is 5.91 Å². The highest BCUT2D eigenvalue weighted by molar-refractivity contribution is 5.83. The first kappa shape index (κ1) is 29.1. The highest BCUT2D eigenvalue weighted by atomic mass is 19.4. The summed E-state index contributed by atoms with van der Waals surface area (Å²) in [7, 11) is 1.49. The molecule has 0 spiro atoms. The lowest BCUT2D eigenvalue weighted by Gasteiger charge is -2.29. The van der Waals surface area contributed by atoms with Crippen molar-refractivity contribution in [3.8, 4) is 0 Å². The summed E-state index contributed by atoms with van der Waals surface area (Å²) in [6, 6.07) is 7.54. The molecule has 2 heterocycles. The van der Waals surface area contributed by atoms with Crippen molar-refractivity contribution in [2.45, 2.75) is 51.1 Å². The number of carbonyl (C=O) groups excluding carboxylic acids is 1. The molecule has 2 aliphatic rings. The second-order valence-electron chi connectivity index (χ2n) is 11.2. The van der Waals surface area contributed by atoms with Gasteiger partial charge < -0.3 is 9.88 Å². The van der Waals surface area contributed by atoms with Crippen LogP contribution in [0.3, 0.4) is 0 Å². The van der Waals surface area contributed by atoms with Crippen LogP contribution in [0, 0.1) is 17.2 Å². The van der Waals surface area contributed by atoms with Gasteiger partial charge in [-0.05, 0) is 55.1 Å². The van der Waals surface area contributed by atoms with Gasteiger partial charge in [-0.25, -0.2) is 4.39 Å². The summed E-state index contributed by atoms with van der Waals surface area (Å²) in [4.78, 5) is 27.5. The second-order valence-corrected chi connectivity index (χ2v) is 11.2. The van der Waals surface area contributed by atoms with Crippen LogP contribution in [0.5, 0.6) is 0 Å². The molecular formula is C29H28F7N3O2. The molecule has 1 aliphatic heterocycles. The largest absolute Gasteiger partial charge is 0.416 e. The van der Waals surface area contributed by atoms with Crippen molar-refractivity contribution in [1.29, 1.82) is 0 Å². The monoisotopic (exact) mass is 583 g/mol. The smallest absolute Gasteiger partial charge is 0.352 e. The molecule has 3 aromatic rings. The van der Waals surface area contributed by atoms with Crippen molar-refractivity contribution in [3.63, 3.8) is 0 Å². The maximum atomic E-state index is 15.5. The maximum Gasteiger partial charge on any atom is 0.416 e. The summed E-state index contributed by atoms with van der Waals surface area (Å²) in [6.07, 6.45) is -7.15. The first-order valence-corrected chi connectivity index (χ1v) is 13.2. The molecule has 1 unspecified atom stereocenters. The van der Waals surface area contributed by atoms with E-state index in [1.807, 2.05) is 4.90 Å². The third-order valence-corrected chi connectivity index (χ3v) is 8.08. The molecule has 1 atom stereocenters. The van der Waals surface area contributed by atoms with E-state index in [1.54, 1.807) is 18.2 Å². The first-order chi connectivity index (χ1) is 19.2. The Bertz CT molecular complexity index is 1510. The molecule has 0 radical (unpaired) electrons. The van der Waals surface area contributed by atoms with Crippen LogP contribution in [-0.4, -0.2) is 28.5 Å². The average Bonchev–Trinajstić information content (AvgIpc) is 3.62. The Morgan fingerprint density at radius 1 is 1.00 bits per heavy atom. The van der Waals surface area contributed by atoms with Gasteiger partial charge in [0.1, 0.15) is 0 Å². The second kappa shape index (κ2) is 10.5. The lowest BCUT2D eigenvalue weighted by Crippen LogP contribution is -2.43. The zero-order chi connectivity index (χ0) is 29.7. The number of carbonyl (C=O) groups is 1. The number of fused-ring (bicyclic) bond motifs is 1. The van der Waals surface area contributed by atoms with Gasteiger partial charge in [-0.1, -0.05) is 25.0 Å². The van der Waals surface area contributed by atoms with Crippen LogP contribution >= 0.6 is 0 Å². The number of halogens is 7. The van der Waals surface area contributed by atoms with E-state index < -0.39 is 47.2 Å². The van der Waals surface area contributed by atoms with E-state index in [1.165, 1.54) is 17.7 Å². The summed E-state index contributed by atoms with van der Waals surface area (Å²) in [5.41, 5.74) is -3.91. The van der Waals surface area contributed by atoms with Crippen LogP contribution in [0.25, 0.3) is 10.9 Å². The zero-order valence-electron chi connectivity index (χ0n) is 22.1. The summed E-state index contributed by atoms with van der Waals surface area (Å²) < 4.78 is 96.3. The molecule has 0 bridgehead atoms. The molecular weight excluding hydrogens is 555 g/mol. The molecule has 1 saturated carbocycles. The molecule has 2 aromatic carbocycles. The lowest BCUT2D eigenvalue weighted by atomic mass is 9.80. The molecule has 1 saturated heterocycles. The number of alkyl halides is 6. The molecule has 220 valence electrons. The lowest BCUT2D eigenvalue weighted by molar-refractivity contribution is -0.143. The number of hydrogen-bond acceptors (Lipinski definition) is 3. The topological polar surface area (TPSA) is 54.3 Å². The van der Waals surface area contributed by atoms with E-state index in [9.17, 15) is 35.9 Å². The summed E-state index contributed by atoms with van der Waals surface area (Å²) in [6.45, 7) is 0.392. The van der Waals surface area contributed by atoms with Gasteiger partial charge >= 0.3 is 12.4 Å². The van der Waals surface area contributed by atoms with Gasteiger partial charge in [-0.3, -0.25) is 14.5 Å². The Labute approximate surface area is 230 Å². The van der Waals surface area contributed by atoms with Gasteiger partial charge in [0.25, 0.3) is 5.56 Å². The molecule has 1 N–H and O–H groups in total. The van der Waals surface area contributed by atoms with Crippen LogP contribution in [0.1, 0.15) is 47.9 Å². The predicted octanol–water partition coefficient (Wildman–Crippen LogP) is 6.02. The minimum atomic E-state index is -4.98. The number of rotatable bonds is 7. The summed E-state index contributed by atoms with van der Waals surface area (Å²) in [5.74, 6) is -0.672. The number of pyridine rings is 1. The van der Waals surface area contributed by atoms with Gasteiger partial charge in [0.05, 0.1) is 22.1 Å². The molecule has 1 amide bonds. The molecule has 5 nitrogen and oxygen atoms in total. The first-order valence-electron chi connectivity index (χ1n) is 13.2. The van der Waals surface area contributed by atoms with E-state index in [0.717, 1.165) is 12.8 Å². The van der Waals surface area contributed by atoms with E-state index in [4.69, 9.17) is 0 Å². The fraction of sp³-hybridized carbons (Fsp3) is 0.448. The van der Waals surface area contributed by atoms with Gasteiger partial charge in [-0.15, -0.1) is 0 Å². The van der Waals surface area contributed by atoms with Gasteiger partial charge in [-0.2, -0.15) is 26.3 Å². The van der Waals surface area contributed by atoms with Crippen molar-refractivity contribution < 1.29 is 35.5 Å². The van der Waals surface area contributed by atoms with Crippen LogP contribution < -0.4 is 10.9 Å². The van der Waals surface area contributed by atoms with Crippen LogP contribution in [-0.2, 0) is 37.3 Å². The van der Waals surface area contributed by atoms with E-state index >= 15 is 4.39 Å². The summed E-state index contributed by atoms with van der Waals surface area (Å²) in [5, 5.41) is 3.16. The Balaban J connectivity index is 1.34. The summed E-state index contributed by atoms with van der Waals surface area (Å²) >= 11 is 0. The number of nitrogens with zero attached hydrogens (tertiary/aromatic N) is 2. The Kier molecular flexibility index (Phi) is 7.42. The van der Waals surface area contributed by atoms with Crippen molar-refractivity contribution in [2.24, 2.45) is 18.4 Å². The van der Waals surface area contributed by atoms with Crippen molar-refractivity contribution in [3.05, 3.63) is 80.9 Å². The van der Waals surface area contributed by atoms with Crippen LogP contribution in [0.15, 0.2) is 47.3 Å². The predicted molar refractivity (Wildman–Crippen MR) is 137 cm³/mol. The Morgan fingerprint density at radius 2 is 1.63 bits per heavy atom. The van der Waals surface area contributed by atoms with Crippen molar-refractivity contribution in [2.75, 3.05) is 13.1 Å². The van der Waals surface area contributed by atoms with E-state index in [2.05, 4.69) is 5.32 Å². The Morgan fingerprint density at radius 3 is 2.24 bits per heavy atom. The number of benzene rings is 2. The van der Waals surface area contributed by atoms with E-state index in [-0.39, 0.29) is 35.8 Å². The van der Waals surface area contributed by atoms with E-state index in [0.29, 0.717) is 48.4 Å². The molecule has 12 heteroatoms. The number of likely N-dealkylation sites (tertiary alicyclic amines) is 1. The normalized spacial score (nSPS) is 20.1. The number of nitrogens with one attached hydrogen (secondary N) is 1. The van der Waals surface area contributed by atoms with Gasteiger partial charge in [0.15, 0.2) is 5.82 Å². The molecule has 1 aliphatic carbocycles. The van der Waals surface area contributed by atoms with Crippen LogP contribution in [0.4, 0.5) is 30.7 Å². The molecule has 41 heavy (non-hydrogen) atoms. The quantitative estimate of drug-likeness (QED) is 0.346. The highest BCUT2D eigenvalue weighted by Crippen LogP contribution is 2.46. The van der Waals surface area contributed by atoms with Gasteiger partial charge in [0, 0.05) is 43.7 Å². The molecule has 1 aromatic heterocycles. The zero-order valence-corrected chi connectivity index (χ0v) is 22.1.